The highest BCUT2D eigenvalue weighted by Crippen LogP contribution is 2.26. The molecule has 1 rings (SSSR count). The number of hydrogen-bond acceptors (Lipinski definition) is 3. The van der Waals surface area contributed by atoms with Crippen molar-refractivity contribution < 1.29 is 4.79 Å². The number of nitrogens with one attached hydrogen (secondary N) is 2. The lowest BCUT2D eigenvalue weighted by Crippen LogP contribution is -2.33. The SMILES string of the molecule is CCCNCc1ccc(N(C)CC(=O)NC)c(Br)c1. The fourth-order valence-corrected chi connectivity index (χ4v) is 2.49. The Balaban J connectivity index is 2.68. The van der Waals surface area contributed by atoms with Crippen molar-refractivity contribution >= 4 is 27.5 Å². The number of halogens is 1. The Hall–Kier alpha value is -1.07. The summed E-state index contributed by atoms with van der Waals surface area (Å²) in [7, 11) is 3.55. The number of anilines is 1. The fraction of sp³-hybridized carbons (Fsp3) is 0.500. The van der Waals surface area contributed by atoms with Gasteiger partial charge in [-0.2, -0.15) is 0 Å². The lowest BCUT2D eigenvalue weighted by atomic mass is 10.2. The van der Waals surface area contributed by atoms with Crippen molar-refractivity contribution in [2.45, 2.75) is 19.9 Å². The molecule has 0 saturated carbocycles. The summed E-state index contributed by atoms with van der Waals surface area (Å²) in [6, 6.07) is 6.22. The molecule has 1 aromatic carbocycles. The van der Waals surface area contributed by atoms with Crippen LogP contribution in [0.2, 0.25) is 0 Å². The number of carbonyl (C=O) groups is 1. The number of nitrogens with zero attached hydrogens (tertiary/aromatic N) is 1. The molecule has 19 heavy (non-hydrogen) atoms. The van der Waals surface area contributed by atoms with E-state index in [0.717, 1.165) is 29.7 Å². The van der Waals surface area contributed by atoms with Crippen LogP contribution in [0.5, 0.6) is 0 Å². The summed E-state index contributed by atoms with van der Waals surface area (Å²) in [6.07, 6.45) is 1.13. The summed E-state index contributed by atoms with van der Waals surface area (Å²) >= 11 is 3.57. The van der Waals surface area contributed by atoms with Crippen LogP contribution in [-0.2, 0) is 11.3 Å². The van der Waals surface area contributed by atoms with Crippen LogP contribution in [0, 0.1) is 0 Å². The average Bonchev–Trinajstić information content (AvgIpc) is 2.38. The third kappa shape index (κ3) is 5.20. The summed E-state index contributed by atoms with van der Waals surface area (Å²) in [5.74, 6) is 0.00286. The van der Waals surface area contributed by atoms with Crippen LogP contribution in [0.4, 0.5) is 5.69 Å². The predicted octanol–water partition coefficient (Wildman–Crippen LogP) is 2.13. The first-order valence-electron chi connectivity index (χ1n) is 6.49. The molecular formula is C14H22BrN3O. The molecule has 106 valence electrons. The second-order valence-electron chi connectivity index (χ2n) is 4.49. The summed E-state index contributed by atoms with van der Waals surface area (Å²) in [6.45, 7) is 4.39. The number of benzene rings is 1. The van der Waals surface area contributed by atoms with Gasteiger partial charge in [-0.3, -0.25) is 4.79 Å². The monoisotopic (exact) mass is 327 g/mol. The van der Waals surface area contributed by atoms with E-state index in [2.05, 4.69) is 45.6 Å². The number of hydrogen-bond donors (Lipinski definition) is 2. The molecule has 0 spiro atoms. The van der Waals surface area contributed by atoms with Gasteiger partial charge in [-0.15, -0.1) is 0 Å². The van der Waals surface area contributed by atoms with Crippen LogP contribution in [-0.4, -0.2) is 33.1 Å². The second kappa shape index (κ2) is 8.17. The molecular weight excluding hydrogens is 306 g/mol. The van der Waals surface area contributed by atoms with E-state index < -0.39 is 0 Å². The first kappa shape index (κ1) is 16.0. The van der Waals surface area contributed by atoms with Gasteiger partial charge in [-0.05, 0) is 46.6 Å². The fourth-order valence-electron chi connectivity index (χ4n) is 1.76. The lowest BCUT2D eigenvalue weighted by molar-refractivity contribution is -0.119. The maximum absolute atomic E-state index is 11.4. The molecule has 1 aromatic rings. The van der Waals surface area contributed by atoms with Crippen LogP contribution >= 0.6 is 15.9 Å². The number of carbonyl (C=O) groups excluding carboxylic acids is 1. The molecule has 4 nitrogen and oxygen atoms in total. The van der Waals surface area contributed by atoms with Crippen molar-refractivity contribution in [1.82, 2.24) is 10.6 Å². The van der Waals surface area contributed by atoms with E-state index in [1.165, 1.54) is 5.56 Å². The zero-order valence-electron chi connectivity index (χ0n) is 11.8. The van der Waals surface area contributed by atoms with E-state index in [0.29, 0.717) is 6.54 Å². The molecule has 1 amide bonds. The van der Waals surface area contributed by atoms with Gasteiger partial charge >= 0.3 is 0 Å². The van der Waals surface area contributed by atoms with Gasteiger partial charge in [0.1, 0.15) is 0 Å². The predicted molar refractivity (Wildman–Crippen MR) is 83.5 cm³/mol. The van der Waals surface area contributed by atoms with Gasteiger partial charge in [0.05, 0.1) is 12.2 Å². The van der Waals surface area contributed by atoms with E-state index in [1.54, 1.807) is 7.05 Å². The third-order valence-electron chi connectivity index (χ3n) is 2.84. The Morgan fingerprint density at radius 2 is 2.16 bits per heavy atom. The molecule has 5 heteroatoms. The smallest absolute Gasteiger partial charge is 0.239 e. The average molecular weight is 328 g/mol. The first-order valence-corrected chi connectivity index (χ1v) is 7.28. The molecule has 0 aliphatic rings. The van der Waals surface area contributed by atoms with Gasteiger partial charge in [0.2, 0.25) is 5.91 Å². The van der Waals surface area contributed by atoms with Crippen molar-refractivity contribution in [2.75, 3.05) is 32.1 Å². The molecule has 0 aliphatic carbocycles. The summed E-state index contributed by atoms with van der Waals surface area (Å²) in [4.78, 5) is 13.3. The number of likely N-dealkylation sites (N-methyl/N-ethyl adjacent to an activating group) is 2. The van der Waals surface area contributed by atoms with Crippen LogP contribution in [0.3, 0.4) is 0 Å². The van der Waals surface area contributed by atoms with Crippen molar-refractivity contribution in [1.29, 1.82) is 0 Å². The number of amides is 1. The first-order chi connectivity index (χ1) is 9.08. The standard InChI is InChI=1S/C14H22BrN3O/c1-4-7-17-9-11-5-6-13(12(15)8-11)18(3)10-14(19)16-2/h5-6,8,17H,4,7,9-10H2,1-3H3,(H,16,19). The van der Waals surface area contributed by atoms with Crippen molar-refractivity contribution in [3.8, 4) is 0 Å². The molecule has 0 radical (unpaired) electrons. The summed E-state index contributed by atoms with van der Waals surface area (Å²) in [5.41, 5.74) is 2.25. The van der Waals surface area contributed by atoms with Gasteiger partial charge in [-0.1, -0.05) is 13.0 Å². The number of rotatable bonds is 7. The van der Waals surface area contributed by atoms with E-state index in [4.69, 9.17) is 0 Å². The van der Waals surface area contributed by atoms with Crippen LogP contribution < -0.4 is 15.5 Å². The van der Waals surface area contributed by atoms with E-state index in [-0.39, 0.29) is 5.91 Å². The topological polar surface area (TPSA) is 44.4 Å². The molecule has 0 heterocycles. The maximum Gasteiger partial charge on any atom is 0.239 e. The van der Waals surface area contributed by atoms with Crippen molar-refractivity contribution in [3.05, 3.63) is 28.2 Å². The van der Waals surface area contributed by atoms with Crippen LogP contribution in [0.15, 0.2) is 22.7 Å². The molecule has 0 unspecified atom stereocenters. The van der Waals surface area contributed by atoms with Crippen molar-refractivity contribution in [2.24, 2.45) is 0 Å². The minimum atomic E-state index is 0.00286. The Morgan fingerprint density at radius 1 is 1.42 bits per heavy atom. The van der Waals surface area contributed by atoms with E-state index >= 15 is 0 Å². The second-order valence-corrected chi connectivity index (χ2v) is 5.35. The highest BCUT2D eigenvalue weighted by Gasteiger charge is 2.09. The van der Waals surface area contributed by atoms with Gasteiger partial charge in [0.25, 0.3) is 0 Å². The third-order valence-corrected chi connectivity index (χ3v) is 3.47. The highest BCUT2D eigenvalue weighted by molar-refractivity contribution is 9.10. The Kier molecular flexibility index (Phi) is 6.87. The van der Waals surface area contributed by atoms with Gasteiger partial charge in [-0.25, -0.2) is 0 Å². The van der Waals surface area contributed by atoms with E-state index in [9.17, 15) is 4.79 Å². The largest absolute Gasteiger partial charge is 0.364 e. The Labute approximate surface area is 123 Å². The Morgan fingerprint density at radius 3 is 2.74 bits per heavy atom. The van der Waals surface area contributed by atoms with Gasteiger partial charge in [0.15, 0.2) is 0 Å². The van der Waals surface area contributed by atoms with E-state index in [1.807, 2.05) is 18.0 Å². The minimum absolute atomic E-state index is 0.00286. The zero-order valence-corrected chi connectivity index (χ0v) is 13.4. The highest BCUT2D eigenvalue weighted by atomic mass is 79.9. The molecule has 2 N–H and O–H groups in total. The van der Waals surface area contributed by atoms with Gasteiger partial charge < -0.3 is 15.5 Å². The van der Waals surface area contributed by atoms with Crippen LogP contribution in [0.25, 0.3) is 0 Å². The normalized spacial score (nSPS) is 10.3. The molecule has 0 fully saturated rings. The summed E-state index contributed by atoms with van der Waals surface area (Å²) in [5, 5.41) is 5.99. The Bertz CT molecular complexity index is 423. The summed E-state index contributed by atoms with van der Waals surface area (Å²) < 4.78 is 1.01. The lowest BCUT2D eigenvalue weighted by Gasteiger charge is -2.20. The van der Waals surface area contributed by atoms with Gasteiger partial charge in [0, 0.05) is 25.1 Å². The van der Waals surface area contributed by atoms with Crippen LogP contribution in [0.1, 0.15) is 18.9 Å². The van der Waals surface area contributed by atoms with Crippen molar-refractivity contribution in [3.63, 3.8) is 0 Å². The minimum Gasteiger partial charge on any atom is -0.364 e. The maximum atomic E-state index is 11.4. The molecule has 0 saturated heterocycles. The molecule has 0 aromatic heterocycles. The zero-order chi connectivity index (χ0) is 14.3. The molecule has 0 atom stereocenters. The quantitative estimate of drug-likeness (QED) is 0.754. The molecule has 0 aliphatic heterocycles. The molecule has 0 bridgehead atoms.